The van der Waals surface area contributed by atoms with Gasteiger partial charge in [0.25, 0.3) is 0 Å². The molecule has 0 aromatic carbocycles. The number of rotatable bonds is 4. The summed E-state index contributed by atoms with van der Waals surface area (Å²) in [5.41, 5.74) is 5.81. The highest BCUT2D eigenvalue weighted by atomic mass is 16.5. The molecule has 1 aliphatic rings. The Balaban J connectivity index is 2.44. The molecule has 0 spiro atoms. The van der Waals surface area contributed by atoms with Gasteiger partial charge < -0.3 is 15.4 Å². The Hall–Kier alpha value is -0.610. The number of amides is 1. The standard InChI is InChI=1S/C11H22N2O2/c1-3-5-10(12)11(14)13-6-7-15-9(4-2)8-13/h9-10H,3-8,12H2,1-2H3/t9?,10-/m1/s1. The Labute approximate surface area is 91.8 Å². The van der Waals surface area contributed by atoms with Crippen LogP contribution in [0.2, 0.25) is 0 Å². The lowest BCUT2D eigenvalue weighted by Gasteiger charge is -2.34. The Bertz CT molecular complexity index is 209. The van der Waals surface area contributed by atoms with E-state index in [1.807, 2.05) is 11.8 Å². The van der Waals surface area contributed by atoms with Crippen molar-refractivity contribution in [2.45, 2.75) is 45.3 Å². The van der Waals surface area contributed by atoms with Gasteiger partial charge in [-0.2, -0.15) is 0 Å². The Morgan fingerprint density at radius 3 is 2.93 bits per heavy atom. The van der Waals surface area contributed by atoms with Gasteiger partial charge >= 0.3 is 0 Å². The van der Waals surface area contributed by atoms with Gasteiger partial charge in [0.2, 0.25) is 5.91 Å². The molecule has 1 amide bonds. The first-order chi connectivity index (χ1) is 7.19. The van der Waals surface area contributed by atoms with Crippen LogP contribution in [0.4, 0.5) is 0 Å². The van der Waals surface area contributed by atoms with Crippen LogP contribution in [0, 0.1) is 0 Å². The van der Waals surface area contributed by atoms with Gasteiger partial charge in [-0.15, -0.1) is 0 Å². The fourth-order valence-electron chi connectivity index (χ4n) is 1.84. The van der Waals surface area contributed by atoms with Crippen molar-refractivity contribution in [1.29, 1.82) is 0 Å². The summed E-state index contributed by atoms with van der Waals surface area (Å²) in [6.45, 7) is 6.15. The second kappa shape index (κ2) is 6.08. The third kappa shape index (κ3) is 3.47. The number of hydrogen-bond donors (Lipinski definition) is 1. The van der Waals surface area contributed by atoms with Crippen LogP contribution in [0.1, 0.15) is 33.1 Å². The molecule has 1 unspecified atom stereocenters. The maximum absolute atomic E-state index is 11.9. The number of morpholine rings is 1. The van der Waals surface area contributed by atoms with Crippen LogP contribution in [-0.4, -0.2) is 42.6 Å². The zero-order valence-corrected chi connectivity index (χ0v) is 9.74. The van der Waals surface area contributed by atoms with Crippen molar-refractivity contribution < 1.29 is 9.53 Å². The van der Waals surface area contributed by atoms with E-state index in [-0.39, 0.29) is 18.1 Å². The fourth-order valence-corrected chi connectivity index (χ4v) is 1.84. The van der Waals surface area contributed by atoms with Gasteiger partial charge in [0, 0.05) is 13.1 Å². The van der Waals surface area contributed by atoms with Gasteiger partial charge in [0.1, 0.15) is 0 Å². The molecule has 0 aromatic rings. The van der Waals surface area contributed by atoms with Crippen LogP contribution >= 0.6 is 0 Å². The van der Waals surface area contributed by atoms with Crippen molar-refractivity contribution >= 4 is 5.91 Å². The first-order valence-electron chi connectivity index (χ1n) is 5.85. The monoisotopic (exact) mass is 214 g/mol. The minimum Gasteiger partial charge on any atom is -0.375 e. The predicted molar refractivity (Wildman–Crippen MR) is 59.5 cm³/mol. The lowest BCUT2D eigenvalue weighted by atomic mass is 10.1. The lowest BCUT2D eigenvalue weighted by Crippen LogP contribution is -2.51. The first-order valence-corrected chi connectivity index (χ1v) is 5.85. The molecule has 2 N–H and O–H groups in total. The molecule has 0 radical (unpaired) electrons. The normalized spacial score (nSPS) is 23.9. The Morgan fingerprint density at radius 1 is 1.60 bits per heavy atom. The van der Waals surface area contributed by atoms with Crippen molar-refractivity contribution in [3.8, 4) is 0 Å². The first kappa shape index (κ1) is 12.5. The summed E-state index contributed by atoms with van der Waals surface area (Å²) in [4.78, 5) is 13.7. The molecule has 0 aliphatic carbocycles. The highest BCUT2D eigenvalue weighted by molar-refractivity contribution is 5.81. The van der Waals surface area contributed by atoms with Gasteiger partial charge in [-0.25, -0.2) is 0 Å². The molecule has 1 rings (SSSR count). The van der Waals surface area contributed by atoms with Crippen molar-refractivity contribution in [1.82, 2.24) is 4.90 Å². The van der Waals surface area contributed by atoms with Gasteiger partial charge in [-0.3, -0.25) is 4.79 Å². The molecule has 4 nitrogen and oxygen atoms in total. The number of carbonyl (C=O) groups is 1. The molecule has 1 saturated heterocycles. The molecule has 0 saturated carbocycles. The summed E-state index contributed by atoms with van der Waals surface area (Å²) < 4.78 is 5.51. The molecule has 0 aromatic heterocycles. The summed E-state index contributed by atoms with van der Waals surface area (Å²) in [5, 5.41) is 0. The zero-order valence-electron chi connectivity index (χ0n) is 9.74. The molecular weight excluding hydrogens is 192 g/mol. The number of ether oxygens (including phenoxy) is 1. The molecular formula is C11H22N2O2. The summed E-state index contributed by atoms with van der Waals surface area (Å²) in [6.07, 6.45) is 2.87. The van der Waals surface area contributed by atoms with Crippen molar-refractivity contribution in [3.63, 3.8) is 0 Å². The van der Waals surface area contributed by atoms with Crippen molar-refractivity contribution in [3.05, 3.63) is 0 Å². The third-order valence-corrected chi connectivity index (χ3v) is 2.82. The largest absolute Gasteiger partial charge is 0.375 e. The number of hydrogen-bond acceptors (Lipinski definition) is 3. The van der Waals surface area contributed by atoms with E-state index in [1.54, 1.807) is 0 Å². The van der Waals surface area contributed by atoms with Gasteiger partial charge in [0.15, 0.2) is 0 Å². The molecule has 1 aliphatic heterocycles. The minimum atomic E-state index is -0.328. The average Bonchev–Trinajstić information content (AvgIpc) is 2.28. The van der Waals surface area contributed by atoms with Crippen LogP contribution in [0.25, 0.3) is 0 Å². The van der Waals surface area contributed by atoms with Crippen LogP contribution in [0.15, 0.2) is 0 Å². The molecule has 15 heavy (non-hydrogen) atoms. The zero-order chi connectivity index (χ0) is 11.3. The number of nitrogens with two attached hydrogens (primary N) is 1. The average molecular weight is 214 g/mol. The molecule has 1 heterocycles. The Kier molecular flexibility index (Phi) is 5.05. The predicted octanol–water partition coefficient (Wildman–Crippen LogP) is 0.751. The molecule has 1 fully saturated rings. The molecule has 2 atom stereocenters. The second-order valence-electron chi connectivity index (χ2n) is 4.08. The highest BCUT2D eigenvalue weighted by Gasteiger charge is 2.26. The van der Waals surface area contributed by atoms with E-state index >= 15 is 0 Å². The Morgan fingerprint density at radius 2 is 2.33 bits per heavy atom. The van der Waals surface area contributed by atoms with E-state index in [4.69, 9.17) is 10.5 Å². The van der Waals surface area contributed by atoms with Crippen LogP contribution in [0.5, 0.6) is 0 Å². The summed E-state index contributed by atoms with van der Waals surface area (Å²) in [7, 11) is 0. The van der Waals surface area contributed by atoms with Crippen LogP contribution in [0.3, 0.4) is 0 Å². The molecule has 0 bridgehead atoms. The minimum absolute atomic E-state index is 0.0820. The maximum Gasteiger partial charge on any atom is 0.239 e. The summed E-state index contributed by atoms with van der Waals surface area (Å²) in [5.74, 6) is 0.0820. The van der Waals surface area contributed by atoms with E-state index in [0.29, 0.717) is 19.7 Å². The molecule has 88 valence electrons. The van der Waals surface area contributed by atoms with E-state index in [1.165, 1.54) is 0 Å². The smallest absolute Gasteiger partial charge is 0.239 e. The van der Waals surface area contributed by atoms with E-state index in [0.717, 1.165) is 19.3 Å². The summed E-state index contributed by atoms with van der Waals surface area (Å²) >= 11 is 0. The van der Waals surface area contributed by atoms with Crippen LogP contribution < -0.4 is 5.73 Å². The summed E-state index contributed by atoms with van der Waals surface area (Å²) in [6, 6.07) is -0.328. The topological polar surface area (TPSA) is 55.6 Å². The number of carbonyl (C=O) groups excluding carboxylic acids is 1. The second-order valence-corrected chi connectivity index (χ2v) is 4.08. The fraction of sp³-hybridized carbons (Fsp3) is 0.909. The van der Waals surface area contributed by atoms with E-state index in [9.17, 15) is 4.79 Å². The van der Waals surface area contributed by atoms with Crippen molar-refractivity contribution in [2.24, 2.45) is 5.73 Å². The quantitative estimate of drug-likeness (QED) is 0.751. The van der Waals surface area contributed by atoms with E-state index in [2.05, 4.69) is 6.92 Å². The van der Waals surface area contributed by atoms with Gasteiger partial charge in [-0.05, 0) is 12.8 Å². The van der Waals surface area contributed by atoms with Gasteiger partial charge in [-0.1, -0.05) is 20.3 Å². The SMILES string of the molecule is CCC[C@@H](N)C(=O)N1CCOC(CC)C1. The lowest BCUT2D eigenvalue weighted by molar-refractivity contribution is -0.140. The van der Waals surface area contributed by atoms with Crippen LogP contribution in [-0.2, 0) is 9.53 Å². The number of nitrogens with zero attached hydrogens (tertiary/aromatic N) is 1. The van der Waals surface area contributed by atoms with Crippen molar-refractivity contribution in [2.75, 3.05) is 19.7 Å². The van der Waals surface area contributed by atoms with Gasteiger partial charge in [0.05, 0.1) is 18.8 Å². The highest BCUT2D eigenvalue weighted by Crippen LogP contribution is 2.10. The third-order valence-electron chi connectivity index (χ3n) is 2.82. The van der Waals surface area contributed by atoms with E-state index < -0.39 is 0 Å². The molecule has 4 heteroatoms. The maximum atomic E-state index is 11.9.